The molecule has 1 aliphatic heterocycles. The summed E-state index contributed by atoms with van der Waals surface area (Å²) < 4.78 is 27.6. The molecule has 9 heteroatoms. The number of nitrogens with one attached hydrogen (secondary N) is 1. The van der Waals surface area contributed by atoms with Crippen molar-refractivity contribution in [1.82, 2.24) is 0 Å². The Morgan fingerprint density at radius 3 is 2.39 bits per heavy atom. The predicted molar refractivity (Wildman–Crippen MR) is 111 cm³/mol. The Hall–Kier alpha value is -1.96. The second-order valence-electron chi connectivity index (χ2n) is 6.89. The molecule has 0 aliphatic carbocycles. The van der Waals surface area contributed by atoms with E-state index in [0.717, 1.165) is 25.9 Å². The van der Waals surface area contributed by atoms with Gasteiger partial charge < -0.3 is 10.0 Å². The summed E-state index contributed by atoms with van der Waals surface area (Å²) in [5, 5.41) is 9.98. The van der Waals surface area contributed by atoms with E-state index in [1.807, 2.05) is 4.90 Å². The van der Waals surface area contributed by atoms with Crippen molar-refractivity contribution in [1.29, 1.82) is 0 Å². The highest BCUT2D eigenvalue weighted by Crippen LogP contribution is 2.30. The third-order valence-electron chi connectivity index (χ3n) is 4.80. The molecule has 6 nitrogen and oxygen atoms in total. The Labute approximate surface area is 174 Å². The maximum absolute atomic E-state index is 12.6. The molecule has 1 aliphatic rings. The summed E-state index contributed by atoms with van der Waals surface area (Å²) in [5.74, 6) is -0.494. The van der Waals surface area contributed by atoms with E-state index in [9.17, 15) is 18.3 Å². The number of aromatic carboxylic acids is 1. The minimum Gasteiger partial charge on any atom is -0.478 e. The van der Waals surface area contributed by atoms with Gasteiger partial charge in [-0.3, -0.25) is 4.72 Å². The van der Waals surface area contributed by atoms with Gasteiger partial charge in [0.15, 0.2) is 0 Å². The summed E-state index contributed by atoms with van der Waals surface area (Å²) in [6.45, 7) is 3.72. The highest BCUT2D eigenvalue weighted by Gasteiger charge is 2.22. The zero-order valence-corrected chi connectivity index (χ0v) is 17.5. The number of hydrogen-bond donors (Lipinski definition) is 2. The number of benzene rings is 2. The van der Waals surface area contributed by atoms with Crippen LogP contribution in [0.4, 0.5) is 11.4 Å². The number of carbonyl (C=O) groups is 1. The summed E-state index contributed by atoms with van der Waals surface area (Å²) >= 11 is 11.7. The molecule has 1 fully saturated rings. The molecule has 0 unspecified atom stereocenters. The van der Waals surface area contributed by atoms with E-state index in [1.165, 1.54) is 24.3 Å². The third kappa shape index (κ3) is 4.54. The lowest BCUT2D eigenvalue weighted by Crippen LogP contribution is -2.33. The zero-order valence-electron chi connectivity index (χ0n) is 15.2. The van der Waals surface area contributed by atoms with Gasteiger partial charge in [-0.25, -0.2) is 13.2 Å². The molecule has 1 saturated heterocycles. The first-order chi connectivity index (χ1) is 13.2. The molecule has 28 heavy (non-hydrogen) atoms. The van der Waals surface area contributed by atoms with E-state index in [0.29, 0.717) is 11.6 Å². The highest BCUT2D eigenvalue weighted by atomic mass is 35.5. The second-order valence-corrected chi connectivity index (χ2v) is 9.38. The summed E-state index contributed by atoms with van der Waals surface area (Å²) in [6.07, 6.45) is 1.98. The quantitative estimate of drug-likeness (QED) is 0.698. The topological polar surface area (TPSA) is 86.7 Å². The second kappa shape index (κ2) is 8.19. The van der Waals surface area contributed by atoms with Gasteiger partial charge >= 0.3 is 5.97 Å². The van der Waals surface area contributed by atoms with Gasteiger partial charge in [0.05, 0.1) is 26.2 Å². The van der Waals surface area contributed by atoms with Crippen molar-refractivity contribution in [2.75, 3.05) is 22.7 Å². The van der Waals surface area contributed by atoms with Crippen molar-refractivity contribution in [2.24, 2.45) is 5.92 Å². The van der Waals surface area contributed by atoms with Crippen LogP contribution >= 0.6 is 23.2 Å². The number of anilines is 2. The SMILES string of the molecule is CC1CCN(c2ccc(NS(=O)(=O)c3ccc(Cl)c(Cl)c3)cc2C(=O)O)CC1. The molecule has 0 bridgehead atoms. The molecule has 0 radical (unpaired) electrons. The van der Waals surface area contributed by atoms with Crippen LogP contribution in [0.2, 0.25) is 10.0 Å². The van der Waals surface area contributed by atoms with Gasteiger partial charge in [-0.15, -0.1) is 0 Å². The van der Waals surface area contributed by atoms with Crippen LogP contribution in [0.15, 0.2) is 41.3 Å². The number of rotatable bonds is 5. The average molecular weight is 443 g/mol. The van der Waals surface area contributed by atoms with Crippen molar-refractivity contribution in [2.45, 2.75) is 24.7 Å². The Morgan fingerprint density at radius 2 is 1.79 bits per heavy atom. The number of nitrogens with zero attached hydrogens (tertiary/aromatic N) is 1. The van der Waals surface area contributed by atoms with Gasteiger partial charge in [-0.2, -0.15) is 0 Å². The van der Waals surface area contributed by atoms with Crippen molar-refractivity contribution in [3.63, 3.8) is 0 Å². The number of hydrogen-bond acceptors (Lipinski definition) is 4. The lowest BCUT2D eigenvalue weighted by atomic mass is 9.98. The van der Waals surface area contributed by atoms with E-state index in [4.69, 9.17) is 23.2 Å². The summed E-state index contributed by atoms with van der Waals surface area (Å²) in [5.41, 5.74) is 0.818. The standard InChI is InChI=1S/C19H20Cl2N2O4S/c1-12-6-8-23(9-7-12)18-5-2-13(10-15(18)19(24)25)22-28(26,27)14-3-4-16(20)17(21)11-14/h2-5,10-12,22H,6-9H2,1H3,(H,24,25). The van der Waals surface area contributed by atoms with Crippen LogP contribution < -0.4 is 9.62 Å². The number of carboxylic acids is 1. The smallest absolute Gasteiger partial charge is 0.337 e. The Bertz CT molecular complexity index is 1000. The Balaban J connectivity index is 1.89. The van der Waals surface area contributed by atoms with Crippen LogP contribution in [0.5, 0.6) is 0 Å². The molecule has 2 aromatic rings. The normalized spacial score (nSPS) is 15.5. The van der Waals surface area contributed by atoms with E-state index < -0.39 is 16.0 Å². The van der Waals surface area contributed by atoms with Crippen LogP contribution in [0.25, 0.3) is 0 Å². The van der Waals surface area contributed by atoms with Gasteiger partial charge in [-0.05, 0) is 55.2 Å². The molecule has 0 spiro atoms. The molecule has 0 atom stereocenters. The maximum atomic E-state index is 12.6. The van der Waals surface area contributed by atoms with Crippen molar-refractivity contribution in [3.05, 3.63) is 52.0 Å². The third-order valence-corrected chi connectivity index (χ3v) is 6.92. The Morgan fingerprint density at radius 1 is 1.11 bits per heavy atom. The number of carboxylic acid groups (broad SMARTS) is 1. The molecule has 150 valence electrons. The molecule has 0 aromatic heterocycles. The first-order valence-corrected chi connectivity index (χ1v) is 11.0. The van der Waals surface area contributed by atoms with Crippen molar-refractivity contribution in [3.8, 4) is 0 Å². The molecule has 0 amide bonds. The summed E-state index contributed by atoms with van der Waals surface area (Å²) in [4.78, 5) is 13.7. The fourth-order valence-corrected chi connectivity index (χ4v) is 4.59. The first-order valence-electron chi connectivity index (χ1n) is 8.77. The zero-order chi connectivity index (χ0) is 20.5. The largest absolute Gasteiger partial charge is 0.478 e. The van der Waals surface area contributed by atoms with E-state index in [2.05, 4.69) is 11.6 Å². The molecule has 0 saturated carbocycles. The molecule has 2 N–H and O–H groups in total. The molecule has 3 rings (SSSR count). The van der Waals surface area contributed by atoms with Crippen molar-refractivity contribution < 1.29 is 18.3 Å². The lowest BCUT2D eigenvalue weighted by molar-refractivity contribution is 0.0697. The minimum atomic E-state index is -3.94. The van der Waals surface area contributed by atoms with Crippen LogP contribution in [0, 0.1) is 5.92 Å². The lowest BCUT2D eigenvalue weighted by Gasteiger charge is -2.33. The fraction of sp³-hybridized carbons (Fsp3) is 0.316. The van der Waals surface area contributed by atoms with Crippen LogP contribution in [-0.2, 0) is 10.0 Å². The van der Waals surface area contributed by atoms with Gasteiger partial charge in [0.1, 0.15) is 0 Å². The van der Waals surface area contributed by atoms with E-state index in [-0.39, 0.29) is 26.2 Å². The van der Waals surface area contributed by atoms with Gasteiger partial charge in [0.25, 0.3) is 10.0 Å². The average Bonchev–Trinajstić information content (AvgIpc) is 2.64. The van der Waals surface area contributed by atoms with E-state index in [1.54, 1.807) is 12.1 Å². The van der Waals surface area contributed by atoms with Crippen LogP contribution in [-0.4, -0.2) is 32.6 Å². The number of piperidine rings is 1. The molecular weight excluding hydrogens is 423 g/mol. The van der Waals surface area contributed by atoms with Gasteiger partial charge in [0, 0.05) is 18.8 Å². The number of sulfonamides is 1. The predicted octanol–water partition coefficient (Wildman–Crippen LogP) is 4.73. The highest BCUT2D eigenvalue weighted by molar-refractivity contribution is 7.92. The van der Waals surface area contributed by atoms with E-state index >= 15 is 0 Å². The number of halogens is 2. The van der Waals surface area contributed by atoms with Crippen LogP contribution in [0.3, 0.4) is 0 Å². The minimum absolute atomic E-state index is 0.0592. The molecule has 1 heterocycles. The molecule has 2 aromatic carbocycles. The monoisotopic (exact) mass is 442 g/mol. The summed E-state index contributed by atoms with van der Waals surface area (Å²) in [7, 11) is -3.94. The Kier molecular flexibility index (Phi) is 6.07. The fourth-order valence-electron chi connectivity index (χ4n) is 3.15. The molecular formula is C19H20Cl2N2O4S. The van der Waals surface area contributed by atoms with Crippen molar-refractivity contribution >= 4 is 50.6 Å². The maximum Gasteiger partial charge on any atom is 0.337 e. The van der Waals surface area contributed by atoms with Crippen LogP contribution in [0.1, 0.15) is 30.1 Å². The first kappa shape index (κ1) is 20.8. The summed E-state index contributed by atoms with van der Waals surface area (Å²) in [6, 6.07) is 8.51. The van der Waals surface area contributed by atoms with Gasteiger partial charge in [0.2, 0.25) is 0 Å². The van der Waals surface area contributed by atoms with Gasteiger partial charge in [-0.1, -0.05) is 30.1 Å².